The first kappa shape index (κ1) is 21.4. The fourth-order valence-corrected chi connectivity index (χ4v) is 2.49. The smallest absolute Gasteiger partial charge is 0.319 e. The molecule has 0 atom stereocenters. The Hall–Kier alpha value is -2.93. The van der Waals surface area contributed by atoms with Gasteiger partial charge in [0, 0.05) is 23.7 Å². The van der Waals surface area contributed by atoms with Crippen molar-refractivity contribution in [2.75, 3.05) is 32.1 Å². The van der Waals surface area contributed by atoms with Crippen LogP contribution in [-0.4, -0.2) is 38.7 Å². The lowest BCUT2D eigenvalue weighted by molar-refractivity contribution is 0.0953. The Balaban J connectivity index is 1.80. The molecule has 2 aromatic carbocycles. The summed E-state index contributed by atoms with van der Waals surface area (Å²) in [7, 11) is 1.54. The standard InChI is InChI=1S/C20H24ClN3O4/c1-3-11-28-18-8-7-15(21)13-17(18)24-20(26)23-10-9-22-19(25)14-5-4-6-16(12-14)27-2/h4-8,12-13H,3,9-11H2,1-2H3,(H,22,25)(H2,23,24,26). The van der Waals surface area contributed by atoms with Crippen LogP contribution < -0.4 is 25.4 Å². The Morgan fingerprint density at radius 3 is 2.61 bits per heavy atom. The molecule has 2 rings (SSSR count). The van der Waals surface area contributed by atoms with Crippen molar-refractivity contribution >= 4 is 29.2 Å². The summed E-state index contributed by atoms with van der Waals surface area (Å²) in [6.45, 7) is 3.06. The molecule has 0 fully saturated rings. The number of methoxy groups -OCH3 is 1. The van der Waals surface area contributed by atoms with Gasteiger partial charge in [0.15, 0.2) is 0 Å². The number of halogens is 1. The lowest BCUT2D eigenvalue weighted by Gasteiger charge is -2.13. The SMILES string of the molecule is CCCOc1ccc(Cl)cc1NC(=O)NCCNC(=O)c1cccc(OC)c1. The van der Waals surface area contributed by atoms with E-state index in [2.05, 4.69) is 16.0 Å². The Morgan fingerprint density at radius 1 is 1.07 bits per heavy atom. The zero-order valence-electron chi connectivity index (χ0n) is 15.9. The Morgan fingerprint density at radius 2 is 1.86 bits per heavy atom. The maximum atomic E-state index is 12.1. The van der Waals surface area contributed by atoms with E-state index in [9.17, 15) is 9.59 Å². The summed E-state index contributed by atoms with van der Waals surface area (Å²) in [4.78, 5) is 24.2. The number of hydrogen-bond acceptors (Lipinski definition) is 4. The van der Waals surface area contributed by atoms with Gasteiger partial charge in [0.2, 0.25) is 0 Å². The van der Waals surface area contributed by atoms with Crippen molar-refractivity contribution in [3.63, 3.8) is 0 Å². The summed E-state index contributed by atoms with van der Waals surface area (Å²) in [5.74, 6) is 0.909. The molecule has 0 aliphatic heterocycles. The maximum Gasteiger partial charge on any atom is 0.319 e. The van der Waals surface area contributed by atoms with Crippen molar-refractivity contribution in [3.8, 4) is 11.5 Å². The zero-order valence-corrected chi connectivity index (χ0v) is 16.6. The van der Waals surface area contributed by atoms with Crippen molar-refractivity contribution in [3.05, 3.63) is 53.1 Å². The predicted octanol–water partition coefficient (Wildman–Crippen LogP) is 3.69. The van der Waals surface area contributed by atoms with E-state index in [1.54, 1.807) is 42.5 Å². The van der Waals surface area contributed by atoms with Crippen molar-refractivity contribution in [1.82, 2.24) is 10.6 Å². The summed E-state index contributed by atoms with van der Waals surface area (Å²) in [6, 6.07) is 11.4. The Kier molecular flexibility index (Phi) is 8.42. The molecule has 0 aliphatic rings. The molecule has 3 amide bonds. The lowest BCUT2D eigenvalue weighted by atomic mass is 10.2. The molecule has 0 aliphatic carbocycles. The van der Waals surface area contributed by atoms with Crippen molar-refractivity contribution < 1.29 is 19.1 Å². The molecule has 0 aromatic heterocycles. The average Bonchev–Trinajstić information content (AvgIpc) is 2.70. The normalized spacial score (nSPS) is 10.1. The minimum absolute atomic E-state index is 0.244. The van der Waals surface area contributed by atoms with Gasteiger partial charge in [-0.25, -0.2) is 4.79 Å². The predicted molar refractivity (Wildman–Crippen MR) is 110 cm³/mol. The van der Waals surface area contributed by atoms with Gasteiger partial charge in [-0.05, 0) is 42.8 Å². The first-order valence-electron chi connectivity index (χ1n) is 8.93. The van der Waals surface area contributed by atoms with Gasteiger partial charge in [-0.2, -0.15) is 0 Å². The van der Waals surface area contributed by atoms with E-state index < -0.39 is 6.03 Å². The molecule has 0 spiro atoms. The minimum atomic E-state index is -0.417. The van der Waals surface area contributed by atoms with Gasteiger partial charge < -0.3 is 25.4 Å². The number of urea groups is 1. The molecular formula is C20H24ClN3O4. The Bertz CT molecular complexity index is 814. The molecule has 8 heteroatoms. The molecule has 0 saturated carbocycles. The number of hydrogen-bond donors (Lipinski definition) is 3. The largest absolute Gasteiger partial charge is 0.497 e. The second kappa shape index (κ2) is 11.0. The van der Waals surface area contributed by atoms with Crippen LogP contribution in [0.2, 0.25) is 5.02 Å². The highest BCUT2D eigenvalue weighted by Gasteiger charge is 2.09. The van der Waals surface area contributed by atoms with Crippen LogP contribution in [0.3, 0.4) is 0 Å². The van der Waals surface area contributed by atoms with Crippen LogP contribution >= 0.6 is 11.6 Å². The van der Waals surface area contributed by atoms with E-state index in [4.69, 9.17) is 21.1 Å². The second-order valence-electron chi connectivity index (χ2n) is 5.86. The highest BCUT2D eigenvalue weighted by atomic mass is 35.5. The highest BCUT2D eigenvalue weighted by molar-refractivity contribution is 6.31. The molecule has 0 saturated heterocycles. The third-order valence-corrected chi connectivity index (χ3v) is 3.91. The molecule has 2 aromatic rings. The van der Waals surface area contributed by atoms with Crippen molar-refractivity contribution in [2.24, 2.45) is 0 Å². The van der Waals surface area contributed by atoms with Gasteiger partial charge in [0.05, 0.1) is 19.4 Å². The van der Waals surface area contributed by atoms with Crippen LogP contribution in [-0.2, 0) is 0 Å². The first-order chi connectivity index (χ1) is 13.5. The number of anilines is 1. The van der Waals surface area contributed by atoms with Crippen LogP contribution in [0.15, 0.2) is 42.5 Å². The molecule has 0 heterocycles. The maximum absolute atomic E-state index is 12.1. The van der Waals surface area contributed by atoms with Crippen LogP contribution in [0.25, 0.3) is 0 Å². The molecule has 28 heavy (non-hydrogen) atoms. The summed E-state index contributed by atoms with van der Waals surface area (Å²) in [5, 5.41) is 8.61. The van der Waals surface area contributed by atoms with Crippen LogP contribution in [0.5, 0.6) is 11.5 Å². The first-order valence-corrected chi connectivity index (χ1v) is 9.30. The number of carbonyl (C=O) groups is 2. The lowest BCUT2D eigenvalue weighted by Crippen LogP contribution is -2.36. The number of nitrogens with one attached hydrogen (secondary N) is 3. The summed E-state index contributed by atoms with van der Waals surface area (Å²) in [5.41, 5.74) is 0.972. The number of carbonyl (C=O) groups excluding carboxylic acids is 2. The van der Waals surface area contributed by atoms with E-state index in [1.807, 2.05) is 6.92 Å². The van der Waals surface area contributed by atoms with Gasteiger partial charge in [-0.1, -0.05) is 24.6 Å². The Labute approximate surface area is 169 Å². The number of amides is 3. The molecule has 3 N–H and O–H groups in total. The quantitative estimate of drug-likeness (QED) is 0.555. The summed E-state index contributed by atoms with van der Waals surface area (Å²) in [6.07, 6.45) is 0.848. The zero-order chi connectivity index (χ0) is 20.4. The van der Waals surface area contributed by atoms with Gasteiger partial charge in [0.25, 0.3) is 5.91 Å². The van der Waals surface area contributed by atoms with Crippen LogP contribution in [0.4, 0.5) is 10.5 Å². The molecule has 150 valence electrons. The third-order valence-electron chi connectivity index (χ3n) is 3.68. The van der Waals surface area contributed by atoms with Crippen LogP contribution in [0, 0.1) is 0 Å². The van der Waals surface area contributed by atoms with Crippen LogP contribution in [0.1, 0.15) is 23.7 Å². The van der Waals surface area contributed by atoms with Crippen molar-refractivity contribution in [2.45, 2.75) is 13.3 Å². The van der Waals surface area contributed by atoms with E-state index in [1.165, 1.54) is 7.11 Å². The molecule has 0 bridgehead atoms. The van der Waals surface area contributed by atoms with E-state index in [0.717, 1.165) is 6.42 Å². The summed E-state index contributed by atoms with van der Waals surface area (Å²) >= 11 is 5.99. The highest BCUT2D eigenvalue weighted by Crippen LogP contribution is 2.28. The molecule has 0 unspecified atom stereocenters. The fraction of sp³-hybridized carbons (Fsp3) is 0.300. The molecule has 7 nitrogen and oxygen atoms in total. The monoisotopic (exact) mass is 405 g/mol. The number of rotatable bonds is 9. The van der Waals surface area contributed by atoms with E-state index in [0.29, 0.717) is 34.4 Å². The summed E-state index contributed by atoms with van der Waals surface area (Å²) < 4.78 is 10.7. The second-order valence-corrected chi connectivity index (χ2v) is 6.29. The van der Waals surface area contributed by atoms with Gasteiger partial charge in [-0.15, -0.1) is 0 Å². The minimum Gasteiger partial charge on any atom is -0.497 e. The third kappa shape index (κ3) is 6.66. The molecular weight excluding hydrogens is 382 g/mol. The van der Waals surface area contributed by atoms with E-state index >= 15 is 0 Å². The van der Waals surface area contributed by atoms with E-state index in [-0.39, 0.29) is 19.0 Å². The van der Waals surface area contributed by atoms with Gasteiger partial charge in [0.1, 0.15) is 11.5 Å². The topological polar surface area (TPSA) is 88.7 Å². The van der Waals surface area contributed by atoms with Crippen molar-refractivity contribution in [1.29, 1.82) is 0 Å². The number of benzene rings is 2. The van der Waals surface area contributed by atoms with Gasteiger partial charge in [-0.3, -0.25) is 4.79 Å². The number of ether oxygens (including phenoxy) is 2. The van der Waals surface area contributed by atoms with Gasteiger partial charge >= 0.3 is 6.03 Å². The molecule has 0 radical (unpaired) electrons. The fourth-order valence-electron chi connectivity index (χ4n) is 2.32. The average molecular weight is 406 g/mol.